The molecule has 2 aromatic rings. The molecule has 104 valence electrons. The van der Waals surface area contributed by atoms with E-state index in [1.165, 1.54) is 0 Å². The maximum Gasteiger partial charge on any atom is 0.264 e. The predicted molar refractivity (Wildman–Crippen MR) is 77.4 cm³/mol. The molecular formula is C16H10ClNO3. The standard InChI is InChI=1S/C16H10ClNO3/c17-10-7-5-9(6-8-10)13(19)14-16(21-14)11-3-1-2-4-12(11)18-15(16)20/h1-8,14H,(H,18,20). The number of rotatable bonds is 2. The maximum absolute atomic E-state index is 12.5. The van der Waals surface area contributed by atoms with Crippen LogP contribution in [0.1, 0.15) is 15.9 Å². The Morgan fingerprint density at radius 3 is 2.62 bits per heavy atom. The predicted octanol–water partition coefficient (Wildman–Crippen LogP) is 2.77. The highest BCUT2D eigenvalue weighted by Gasteiger charge is 2.70. The molecule has 1 spiro atoms. The number of nitrogens with one attached hydrogen (secondary N) is 1. The molecule has 1 fully saturated rings. The van der Waals surface area contributed by atoms with Gasteiger partial charge in [-0.3, -0.25) is 9.59 Å². The van der Waals surface area contributed by atoms with Crippen molar-refractivity contribution in [3.05, 3.63) is 64.7 Å². The van der Waals surface area contributed by atoms with Crippen LogP contribution in [-0.4, -0.2) is 17.8 Å². The molecule has 5 heteroatoms. The van der Waals surface area contributed by atoms with Gasteiger partial charge < -0.3 is 10.1 Å². The lowest BCUT2D eigenvalue weighted by atomic mass is 9.92. The van der Waals surface area contributed by atoms with Crippen LogP contribution in [0.4, 0.5) is 5.69 Å². The molecule has 2 heterocycles. The van der Waals surface area contributed by atoms with E-state index in [-0.39, 0.29) is 11.7 Å². The molecule has 2 aliphatic heterocycles. The Morgan fingerprint density at radius 1 is 1.14 bits per heavy atom. The Bertz CT molecular complexity index is 771. The normalized spacial score (nSPS) is 25.6. The summed E-state index contributed by atoms with van der Waals surface area (Å²) in [6.07, 6.45) is -0.776. The Kier molecular flexibility index (Phi) is 2.49. The fourth-order valence-corrected chi connectivity index (χ4v) is 2.91. The van der Waals surface area contributed by atoms with E-state index in [4.69, 9.17) is 16.3 Å². The highest BCUT2D eigenvalue weighted by Crippen LogP contribution is 2.54. The van der Waals surface area contributed by atoms with Crippen LogP contribution in [0.5, 0.6) is 0 Å². The first-order valence-corrected chi connectivity index (χ1v) is 6.89. The van der Waals surface area contributed by atoms with Gasteiger partial charge >= 0.3 is 0 Å². The minimum atomic E-state index is -1.16. The number of carbonyl (C=O) groups excluding carboxylic acids is 2. The number of hydrogen-bond donors (Lipinski definition) is 1. The van der Waals surface area contributed by atoms with Gasteiger partial charge in [0.2, 0.25) is 5.60 Å². The van der Waals surface area contributed by atoms with E-state index in [0.29, 0.717) is 16.3 Å². The number of Topliss-reactive ketones (excluding diaryl/α,β-unsaturated/α-hetero) is 1. The van der Waals surface area contributed by atoms with E-state index in [0.717, 1.165) is 5.56 Å². The molecule has 0 radical (unpaired) electrons. The lowest BCUT2D eigenvalue weighted by Crippen LogP contribution is -2.27. The zero-order valence-electron chi connectivity index (χ0n) is 10.8. The number of fused-ring (bicyclic) bond motifs is 2. The fraction of sp³-hybridized carbons (Fsp3) is 0.125. The SMILES string of the molecule is O=C(c1ccc(Cl)cc1)C1OC12C(=O)Nc1ccccc12. The fourth-order valence-electron chi connectivity index (χ4n) is 2.79. The average molecular weight is 300 g/mol. The highest BCUT2D eigenvalue weighted by molar-refractivity contribution is 6.30. The summed E-state index contributed by atoms with van der Waals surface area (Å²) < 4.78 is 5.56. The van der Waals surface area contributed by atoms with E-state index < -0.39 is 11.7 Å². The van der Waals surface area contributed by atoms with Crippen LogP contribution in [0.2, 0.25) is 5.02 Å². The molecule has 1 amide bonds. The molecule has 2 unspecified atom stereocenters. The van der Waals surface area contributed by atoms with Gasteiger partial charge in [-0.05, 0) is 30.3 Å². The van der Waals surface area contributed by atoms with E-state index >= 15 is 0 Å². The molecule has 0 bridgehead atoms. The third-order valence-electron chi connectivity index (χ3n) is 3.90. The van der Waals surface area contributed by atoms with E-state index in [2.05, 4.69) is 5.32 Å². The smallest absolute Gasteiger partial charge is 0.264 e. The van der Waals surface area contributed by atoms with Crippen LogP contribution in [0.15, 0.2) is 48.5 Å². The molecule has 21 heavy (non-hydrogen) atoms. The van der Waals surface area contributed by atoms with Crippen LogP contribution in [0.3, 0.4) is 0 Å². The van der Waals surface area contributed by atoms with Gasteiger partial charge in [-0.15, -0.1) is 0 Å². The van der Waals surface area contributed by atoms with Crippen molar-refractivity contribution in [2.24, 2.45) is 0 Å². The lowest BCUT2D eigenvalue weighted by Gasteiger charge is -2.02. The molecular weight excluding hydrogens is 290 g/mol. The zero-order chi connectivity index (χ0) is 14.6. The van der Waals surface area contributed by atoms with Gasteiger partial charge in [0.1, 0.15) is 0 Å². The third-order valence-corrected chi connectivity index (χ3v) is 4.15. The number of carbonyl (C=O) groups is 2. The Labute approximate surface area is 125 Å². The Balaban J connectivity index is 1.70. The maximum atomic E-state index is 12.5. The van der Waals surface area contributed by atoms with Crippen molar-refractivity contribution >= 4 is 29.0 Å². The molecule has 4 rings (SSSR count). The van der Waals surface area contributed by atoms with Crippen LogP contribution in [-0.2, 0) is 15.1 Å². The number of ketones is 1. The van der Waals surface area contributed by atoms with E-state index in [1.807, 2.05) is 18.2 Å². The summed E-state index contributed by atoms with van der Waals surface area (Å²) in [6.45, 7) is 0. The van der Waals surface area contributed by atoms with Gasteiger partial charge in [0.05, 0.1) is 0 Å². The number of ether oxygens (including phenoxy) is 1. The van der Waals surface area contributed by atoms with Gasteiger partial charge in [0.25, 0.3) is 5.91 Å². The third kappa shape index (κ3) is 1.66. The van der Waals surface area contributed by atoms with E-state index in [1.54, 1.807) is 30.3 Å². The van der Waals surface area contributed by atoms with Crippen molar-refractivity contribution < 1.29 is 14.3 Å². The second-order valence-electron chi connectivity index (χ2n) is 5.10. The second kappa shape index (κ2) is 4.16. The summed E-state index contributed by atoms with van der Waals surface area (Å²) in [5.41, 5.74) is 0.752. The van der Waals surface area contributed by atoms with E-state index in [9.17, 15) is 9.59 Å². The highest BCUT2D eigenvalue weighted by atomic mass is 35.5. The monoisotopic (exact) mass is 299 g/mol. The van der Waals surface area contributed by atoms with Crippen molar-refractivity contribution in [2.45, 2.75) is 11.7 Å². The number of anilines is 1. The summed E-state index contributed by atoms with van der Waals surface area (Å²) in [4.78, 5) is 24.7. The van der Waals surface area contributed by atoms with Crippen LogP contribution in [0.25, 0.3) is 0 Å². The summed E-state index contributed by atoms with van der Waals surface area (Å²) >= 11 is 5.82. The molecule has 0 aromatic heterocycles. The first-order chi connectivity index (χ1) is 10.1. The number of amides is 1. The first kappa shape index (κ1) is 12.6. The molecule has 4 nitrogen and oxygen atoms in total. The van der Waals surface area contributed by atoms with Gasteiger partial charge in [-0.25, -0.2) is 0 Å². The molecule has 1 saturated heterocycles. The topological polar surface area (TPSA) is 58.7 Å². The average Bonchev–Trinajstić information content (AvgIpc) is 3.18. The number of epoxide rings is 1. The van der Waals surface area contributed by atoms with Crippen molar-refractivity contribution in [3.63, 3.8) is 0 Å². The van der Waals surface area contributed by atoms with Crippen molar-refractivity contribution in [1.29, 1.82) is 0 Å². The number of halogens is 1. The molecule has 0 aliphatic carbocycles. The number of benzene rings is 2. The number of hydrogen-bond acceptors (Lipinski definition) is 3. The van der Waals surface area contributed by atoms with Crippen LogP contribution >= 0.6 is 11.6 Å². The molecule has 2 aromatic carbocycles. The first-order valence-electron chi connectivity index (χ1n) is 6.51. The quantitative estimate of drug-likeness (QED) is 0.685. The van der Waals surface area contributed by atoms with Gasteiger partial charge in [-0.2, -0.15) is 0 Å². The second-order valence-corrected chi connectivity index (χ2v) is 5.54. The Hall–Kier alpha value is -2.17. The zero-order valence-corrected chi connectivity index (χ0v) is 11.6. The minimum Gasteiger partial charge on any atom is -0.342 e. The molecule has 2 aliphatic rings. The van der Waals surface area contributed by atoms with Crippen molar-refractivity contribution in [1.82, 2.24) is 0 Å². The summed E-state index contributed by atoms with van der Waals surface area (Å²) in [6, 6.07) is 13.8. The summed E-state index contributed by atoms with van der Waals surface area (Å²) in [7, 11) is 0. The van der Waals surface area contributed by atoms with Gasteiger partial charge in [-0.1, -0.05) is 29.8 Å². The number of para-hydroxylation sites is 1. The van der Waals surface area contributed by atoms with Crippen molar-refractivity contribution in [2.75, 3.05) is 5.32 Å². The molecule has 0 saturated carbocycles. The summed E-state index contributed by atoms with van der Waals surface area (Å²) in [5, 5.41) is 3.32. The van der Waals surface area contributed by atoms with Crippen LogP contribution in [0, 0.1) is 0 Å². The van der Waals surface area contributed by atoms with Gasteiger partial charge in [0.15, 0.2) is 11.9 Å². The molecule has 1 N–H and O–H groups in total. The minimum absolute atomic E-state index is 0.210. The van der Waals surface area contributed by atoms with Crippen molar-refractivity contribution in [3.8, 4) is 0 Å². The van der Waals surface area contributed by atoms with Crippen LogP contribution < -0.4 is 5.32 Å². The lowest BCUT2D eigenvalue weighted by molar-refractivity contribution is -0.120. The summed E-state index contributed by atoms with van der Waals surface area (Å²) in [5.74, 6) is -0.491. The molecule has 2 atom stereocenters. The largest absolute Gasteiger partial charge is 0.342 e. The Morgan fingerprint density at radius 2 is 1.86 bits per heavy atom. The van der Waals surface area contributed by atoms with Gasteiger partial charge in [0, 0.05) is 21.8 Å².